The van der Waals surface area contributed by atoms with Crippen molar-refractivity contribution in [2.75, 3.05) is 5.32 Å². The van der Waals surface area contributed by atoms with Crippen LogP contribution in [0.5, 0.6) is 5.75 Å². The minimum absolute atomic E-state index is 0.0300. The summed E-state index contributed by atoms with van der Waals surface area (Å²) in [5, 5.41) is 7.00. The highest BCUT2D eigenvalue weighted by Gasteiger charge is 2.35. The monoisotopic (exact) mass is 370 g/mol. The molecule has 0 aliphatic heterocycles. The maximum Gasteiger partial charge on any atom is 0.451 e. The number of aromatic nitrogens is 3. The lowest BCUT2D eigenvalue weighted by Gasteiger charge is -2.03. The molecule has 11 heteroatoms. The zero-order valence-corrected chi connectivity index (χ0v) is 12.8. The number of hydrogen-bond donors (Lipinski definition) is 2. The van der Waals surface area contributed by atoms with Gasteiger partial charge in [0.2, 0.25) is 11.8 Å². The Morgan fingerprint density at radius 3 is 2.58 bits per heavy atom. The van der Waals surface area contributed by atoms with Crippen molar-refractivity contribution in [2.24, 2.45) is 0 Å². The summed E-state index contributed by atoms with van der Waals surface area (Å²) in [6.07, 6.45) is -4.70. The fourth-order valence-electron chi connectivity index (χ4n) is 1.87. The molecule has 2 heterocycles. The normalized spacial score (nSPS) is 11.4. The molecule has 0 atom stereocenters. The van der Waals surface area contributed by atoms with Gasteiger partial charge in [-0.15, -0.1) is 5.10 Å². The number of amides is 1. The van der Waals surface area contributed by atoms with Crippen molar-refractivity contribution in [3.8, 4) is 5.75 Å². The third-order valence-corrected chi connectivity index (χ3v) is 3.06. The van der Waals surface area contributed by atoms with Crippen LogP contribution in [0.25, 0.3) is 0 Å². The molecule has 26 heavy (non-hydrogen) atoms. The lowest BCUT2D eigenvalue weighted by molar-refractivity contribution is -0.144. The number of rotatable bonds is 5. The average Bonchev–Trinajstić information content (AvgIpc) is 3.23. The lowest BCUT2D eigenvalue weighted by atomic mass is 10.3. The number of alkyl halides is 3. The molecule has 2 N–H and O–H groups in total. The summed E-state index contributed by atoms with van der Waals surface area (Å²) in [5.41, 5.74) is 0. The zero-order chi connectivity index (χ0) is 18.7. The Balaban J connectivity index is 1.59. The summed E-state index contributed by atoms with van der Waals surface area (Å²) in [7, 11) is 0. The summed E-state index contributed by atoms with van der Waals surface area (Å²) < 4.78 is 60.6. The van der Waals surface area contributed by atoms with Gasteiger partial charge in [0.05, 0.1) is 0 Å². The Morgan fingerprint density at radius 2 is 1.92 bits per heavy atom. The van der Waals surface area contributed by atoms with Crippen molar-refractivity contribution in [2.45, 2.75) is 12.8 Å². The molecule has 0 fully saturated rings. The van der Waals surface area contributed by atoms with Crippen molar-refractivity contribution >= 4 is 11.9 Å². The van der Waals surface area contributed by atoms with E-state index < -0.39 is 29.7 Å². The number of aromatic amines is 1. The average molecular weight is 370 g/mol. The van der Waals surface area contributed by atoms with Gasteiger partial charge < -0.3 is 9.15 Å². The quantitative estimate of drug-likeness (QED) is 0.672. The highest BCUT2D eigenvalue weighted by atomic mass is 19.4. The molecule has 1 aromatic carbocycles. The maximum atomic E-state index is 12.8. The molecule has 0 radical (unpaired) electrons. The van der Waals surface area contributed by atoms with E-state index in [4.69, 9.17) is 9.15 Å². The van der Waals surface area contributed by atoms with Crippen molar-refractivity contribution < 1.29 is 31.5 Å². The first-order chi connectivity index (χ1) is 12.3. The van der Waals surface area contributed by atoms with Gasteiger partial charge in [-0.3, -0.25) is 15.2 Å². The fourth-order valence-corrected chi connectivity index (χ4v) is 1.87. The second-order valence-corrected chi connectivity index (χ2v) is 4.97. The van der Waals surface area contributed by atoms with E-state index in [1.807, 2.05) is 0 Å². The molecule has 0 saturated heterocycles. The second kappa shape index (κ2) is 6.86. The van der Waals surface area contributed by atoms with Crippen LogP contribution in [0.2, 0.25) is 0 Å². The Labute approximate surface area is 143 Å². The first kappa shape index (κ1) is 17.5. The maximum absolute atomic E-state index is 12.8. The first-order valence-corrected chi connectivity index (χ1v) is 7.09. The van der Waals surface area contributed by atoms with Crippen LogP contribution < -0.4 is 10.1 Å². The third-order valence-electron chi connectivity index (χ3n) is 3.06. The van der Waals surface area contributed by atoms with Crippen LogP contribution in [0.3, 0.4) is 0 Å². The number of carbonyl (C=O) groups is 1. The number of hydrogen-bond acceptors (Lipinski definition) is 5. The Morgan fingerprint density at radius 1 is 1.19 bits per heavy atom. The van der Waals surface area contributed by atoms with Crippen LogP contribution >= 0.6 is 0 Å². The number of ether oxygens (including phenoxy) is 1. The molecular formula is C15H10F4N4O3. The van der Waals surface area contributed by atoms with Gasteiger partial charge in [0.15, 0.2) is 5.76 Å². The van der Waals surface area contributed by atoms with E-state index in [1.54, 1.807) is 5.10 Å². The SMILES string of the molecule is O=C(Nc1n[nH]c(C(F)(F)F)n1)c1ccc(COc2ccc(F)cc2)o1. The van der Waals surface area contributed by atoms with Gasteiger partial charge in [-0.05, 0) is 36.4 Å². The second-order valence-electron chi connectivity index (χ2n) is 4.97. The summed E-state index contributed by atoms with van der Waals surface area (Å²) in [5.74, 6) is -2.59. The molecule has 7 nitrogen and oxygen atoms in total. The molecule has 0 saturated carbocycles. The lowest BCUT2D eigenvalue weighted by Crippen LogP contribution is -2.12. The van der Waals surface area contributed by atoms with Gasteiger partial charge >= 0.3 is 6.18 Å². The van der Waals surface area contributed by atoms with Gasteiger partial charge in [0.25, 0.3) is 5.91 Å². The molecule has 2 aromatic heterocycles. The van der Waals surface area contributed by atoms with Crippen molar-refractivity contribution in [3.63, 3.8) is 0 Å². The van der Waals surface area contributed by atoms with Crippen molar-refractivity contribution in [1.82, 2.24) is 15.2 Å². The number of halogens is 4. The topological polar surface area (TPSA) is 93.0 Å². The molecule has 0 aliphatic carbocycles. The van der Waals surface area contributed by atoms with Crippen molar-refractivity contribution in [3.05, 3.63) is 59.6 Å². The summed E-state index contributed by atoms with van der Waals surface area (Å²) >= 11 is 0. The number of carbonyl (C=O) groups excluding carboxylic acids is 1. The van der Waals surface area contributed by atoms with Gasteiger partial charge in [-0.1, -0.05) is 0 Å². The van der Waals surface area contributed by atoms with Gasteiger partial charge in [-0.2, -0.15) is 18.2 Å². The van der Waals surface area contributed by atoms with Crippen LogP contribution in [-0.4, -0.2) is 21.1 Å². The molecule has 1 amide bonds. The van der Waals surface area contributed by atoms with Crippen LogP contribution in [0, 0.1) is 5.82 Å². The van der Waals surface area contributed by atoms with E-state index in [-0.39, 0.29) is 18.1 Å². The number of benzene rings is 1. The van der Waals surface area contributed by atoms with E-state index in [0.717, 1.165) is 0 Å². The Bertz CT molecular complexity index is 902. The van der Waals surface area contributed by atoms with Crippen LogP contribution in [0.1, 0.15) is 22.1 Å². The van der Waals surface area contributed by atoms with Crippen LogP contribution in [0.15, 0.2) is 40.8 Å². The standard InChI is InChI=1S/C15H10F4N4O3/c16-8-1-3-9(4-2-8)25-7-10-5-6-11(26-10)12(24)20-14-21-13(22-23-14)15(17,18)19/h1-6H,7H2,(H2,20,21,22,23,24). The molecule has 0 aliphatic rings. The largest absolute Gasteiger partial charge is 0.486 e. The molecular weight excluding hydrogens is 360 g/mol. The molecule has 0 unspecified atom stereocenters. The number of H-pyrrole nitrogens is 1. The molecule has 136 valence electrons. The van der Waals surface area contributed by atoms with E-state index in [0.29, 0.717) is 5.75 Å². The predicted molar refractivity (Wildman–Crippen MR) is 78.8 cm³/mol. The Hall–Kier alpha value is -3.37. The Kier molecular flexibility index (Phi) is 4.61. The number of furan rings is 1. The smallest absolute Gasteiger partial charge is 0.451 e. The highest BCUT2D eigenvalue weighted by Crippen LogP contribution is 2.26. The molecule has 3 aromatic rings. The number of anilines is 1. The summed E-state index contributed by atoms with van der Waals surface area (Å²) in [6, 6.07) is 8.07. The first-order valence-electron chi connectivity index (χ1n) is 7.09. The predicted octanol–water partition coefficient (Wildman–Crippen LogP) is 3.39. The highest BCUT2D eigenvalue weighted by molar-refractivity contribution is 6.01. The number of nitrogens with zero attached hydrogens (tertiary/aromatic N) is 2. The fraction of sp³-hybridized carbons (Fsp3) is 0.133. The van der Waals surface area contributed by atoms with E-state index in [1.165, 1.54) is 36.4 Å². The van der Waals surface area contributed by atoms with Gasteiger partial charge in [0, 0.05) is 0 Å². The molecule has 0 spiro atoms. The van der Waals surface area contributed by atoms with Crippen LogP contribution in [0.4, 0.5) is 23.5 Å². The van der Waals surface area contributed by atoms with Crippen molar-refractivity contribution in [1.29, 1.82) is 0 Å². The minimum atomic E-state index is -4.70. The number of nitrogens with one attached hydrogen (secondary N) is 2. The molecule has 3 rings (SSSR count). The van der Waals surface area contributed by atoms with Gasteiger partial charge in [0.1, 0.15) is 23.9 Å². The van der Waals surface area contributed by atoms with E-state index in [2.05, 4.69) is 15.4 Å². The van der Waals surface area contributed by atoms with Crippen LogP contribution in [-0.2, 0) is 12.8 Å². The summed E-state index contributed by atoms with van der Waals surface area (Å²) in [6.45, 7) is -0.0300. The summed E-state index contributed by atoms with van der Waals surface area (Å²) in [4.78, 5) is 15.1. The molecule has 0 bridgehead atoms. The zero-order valence-electron chi connectivity index (χ0n) is 12.8. The minimum Gasteiger partial charge on any atom is -0.486 e. The van der Waals surface area contributed by atoms with E-state index >= 15 is 0 Å². The van der Waals surface area contributed by atoms with E-state index in [9.17, 15) is 22.4 Å². The van der Waals surface area contributed by atoms with Gasteiger partial charge in [-0.25, -0.2) is 4.39 Å². The third kappa shape index (κ3) is 4.18.